The van der Waals surface area contributed by atoms with Gasteiger partial charge in [-0.2, -0.15) is 0 Å². The zero-order chi connectivity index (χ0) is 6.85. The summed E-state index contributed by atoms with van der Waals surface area (Å²) < 4.78 is 5.09. The quantitative estimate of drug-likeness (QED) is 0.568. The van der Waals surface area contributed by atoms with E-state index in [1.807, 2.05) is 13.8 Å². The molecule has 0 aliphatic rings. The molecule has 0 fully saturated rings. The first-order valence-electron chi connectivity index (χ1n) is 2.81. The van der Waals surface area contributed by atoms with Crippen molar-refractivity contribution in [3.05, 3.63) is 17.7 Å². The van der Waals surface area contributed by atoms with E-state index in [1.54, 1.807) is 6.92 Å². The Labute approximate surface area is 54.1 Å². The summed E-state index contributed by atoms with van der Waals surface area (Å²) in [7, 11) is 0. The molecule has 0 unspecified atom stereocenters. The van der Waals surface area contributed by atoms with Crippen LogP contribution < -0.4 is 0 Å². The maximum Gasteiger partial charge on any atom is 0.223 e. The van der Waals surface area contributed by atoms with Gasteiger partial charge in [-0.1, -0.05) is 13.8 Å². The first-order chi connectivity index (χ1) is 4.20. The van der Waals surface area contributed by atoms with Gasteiger partial charge in [-0.25, -0.2) is 0 Å². The molecule has 0 saturated carbocycles. The molecule has 1 rings (SSSR count). The van der Waals surface area contributed by atoms with Crippen LogP contribution in [0.15, 0.2) is 4.42 Å². The highest BCUT2D eigenvalue weighted by molar-refractivity contribution is 5.03. The third kappa shape index (κ3) is 1.28. The molecule has 9 heavy (non-hydrogen) atoms. The van der Waals surface area contributed by atoms with Crippen molar-refractivity contribution in [2.24, 2.45) is 0 Å². The van der Waals surface area contributed by atoms with Gasteiger partial charge in [0.15, 0.2) is 0 Å². The number of hydrogen-bond acceptors (Lipinski definition) is 3. The Morgan fingerprint density at radius 3 is 2.22 bits per heavy atom. The molecule has 0 aliphatic carbocycles. The predicted octanol–water partition coefficient (Wildman–Crippen LogP) is 1.34. The molecule has 0 aliphatic heterocycles. The summed E-state index contributed by atoms with van der Waals surface area (Å²) in [5, 5.41) is 7.46. The minimum atomic E-state index is 0.617. The Bertz CT molecular complexity index is 193. The maximum absolute atomic E-state index is 5.09. The van der Waals surface area contributed by atoms with Crippen LogP contribution in [0.2, 0.25) is 0 Å². The Morgan fingerprint density at radius 1 is 1.33 bits per heavy atom. The Kier molecular flexibility index (Phi) is 1.51. The van der Waals surface area contributed by atoms with Gasteiger partial charge in [-0.05, 0) is 0 Å². The fraction of sp³-hybridized carbons (Fsp3) is 0.500. The van der Waals surface area contributed by atoms with E-state index in [4.69, 9.17) is 4.42 Å². The highest BCUT2D eigenvalue weighted by atomic mass is 16.4. The van der Waals surface area contributed by atoms with E-state index in [1.165, 1.54) is 0 Å². The lowest BCUT2D eigenvalue weighted by molar-refractivity contribution is 0.483. The lowest BCUT2D eigenvalue weighted by atomic mass is 10.2. The maximum atomic E-state index is 5.09. The van der Waals surface area contributed by atoms with Gasteiger partial charge >= 0.3 is 0 Å². The zero-order valence-electron chi connectivity index (χ0n) is 5.80. The molecule has 0 spiro atoms. The van der Waals surface area contributed by atoms with Crippen LogP contribution >= 0.6 is 0 Å². The fourth-order valence-electron chi connectivity index (χ4n) is 0.499. The van der Waals surface area contributed by atoms with Gasteiger partial charge in [0, 0.05) is 6.92 Å². The molecule has 3 heteroatoms. The number of nitrogens with zero attached hydrogens (tertiary/aromatic N) is 2. The monoisotopic (exact) mass is 125 g/mol. The summed E-state index contributed by atoms with van der Waals surface area (Å²) >= 11 is 0. The summed E-state index contributed by atoms with van der Waals surface area (Å²) in [6.45, 7) is 5.65. The molecule has 0 atom stereocenters. The van der Waals surface area contributed by atoms with Crippen LogP contribution in [0.4, 0.5) is 0 Å². The molecule has 0 amide bonds. The molecule has 49 valence electrons. The van der Waals surface area contributed by atoms with Crippen LogP contribution in [0.25, 0.3) is 0 Å². The first-order valence-corrected chi connectivity index (χ1v) is 2.81. The molecule has 1 heterocycles. The summed E-state index contributed by atoms with van der Waals surface area (Å²) in [5.41, 5.74) is 0. The van der Waals surface area contributed by atoms with Crippen molar-refractivity contribution in [3.63, 3.8) is 0 Å². The van der Waals surface area contributed by atoms with Crippen molar-refractivity contribution < 1.29 is 4.42 Å². The zero-order valence-corrected chi connectivity index (χ0v) is 5.80. The second-order valence-corrected chi connectivity index (χ2v) is 2.13. The molecule has 1 radical (unpaired) electrons. The molecule has 1 aromatic rings. The number of hydrogen-bond donors (Lipinski definition) is 0. The molecule has 0 bridgehead atoms. The highest BCUT2D eigenvalue weighted by Gasteiger charge is 2.05. The van der Waals surface area contributed by atoms with Gasteiger partial charge < -0.3 is 4.42 Å². The van der Waals surface area contributed by atoms with E-state index in [2.05, 4.69) is 10.2 Å². The standard InChI is InChI=1S/C6H9N2O/c1-4(2)6-8-7-5(3)9-6/h1-3H3. The van der Waals surface area contributed by atoms with Crippen molar-refractivity contribution in [1.82, 2.24) is 10.2 Å². The van der Waals surface area contributed by atoms with E-state index in [0.717, 1.165) is 5.92 Å². The highest BCUT2D eigenvalue weighted by Crippen LogP contribution is 2.09. The summed E-state index contributed by atoms with van der Waals surface area (Å²) in [6, 6.07) is 0. The van der Waals surface area contributed by atoms with E-state index >= 15 is 0 Å². The van der Waals surface area contributed by atoms with Crippen molar-refractivity contribution in [2.45, 2.75) is 20.8 Å². The Morgan fingerprint density at radius 2 is 2.00 bits per heavy atom. The van der Waals surface area contributed by atoms with E-state index in [9.17, 15) is 0 Å². The minimum absolute atomic E-state index is 0.617. The normalized spacial score (nSPS) is 10.7. The molecular weight excluding hydrogens is 116 g/mol. The van der Waals surface area contributed by atoms with E-state index in [-0.39, 0.29) is 0 Å². The average molecular weight is 125 g/mol. The van der Waals surface area contributed by atoms with Gasteiger partial charge in [0.2, 0.25) is 11.8 Å². The van der Waals surface area contributed by atoms with E-state index < -0.39 is 0 Å². The molecular formula is C6H9N2O. The van der Waals surface area contributed by atoms with Crippen LogP contribution in [0.1, 0.15) is 25.6 Å². The lowest BCUT2D eigenvalue weighted by Crippen LogP contribution is -1.86. The second-order valence-electron chi connectivity index (χ2n) is 2.13. The fourth-order valence-corrected chi connectivity index (χ4v) is 0.499. The van der Waals surface area contributed by atoms with Gasteiger partial charge in [-0.3, -0.25) is 0 Å². The number of aryl methyl sites for hydroxylation is 1. The molecule has 3 nitrogen and oxygen atoms in total. The van der Waals surface area contributed by atoms with Gasteiger partial charge in [0.1, 0.15) is 0 Å². The third-order valence-corrected chi connectivity index (χ3v) is 0.954. The van der Waals surface area contributed by atoms with E-state index in [0.29, 0.717) is 11.8 Å². The van der Waals surface area contributed by atoms with Crippen LogP contribution in [0.5, 0.6) is 0 Å². The number of aromatic nitrogens is 2. The van der Waals surface area contributed by atoms with Crippen LogP contribution in [0, 0.1) is 12.8 Å². The first kappa shape index (κ1) is 6.26. The lowest BCUT2D eigenvalue weighted by Gasteiger charge is -1.91. The van der Waals surface area contributed by atoms with Crippen LogP contribution in [-0.4, -0.2) is 10.2 Å². The minimum Gasteiger partial charge on any atom is -0.425 e. The molecule has 0 aromatic carbocycles. The SMILES string of the molecule is C[C](C)c1nnc(C)o1. The number of rotatable bonds is 1. The molecule has 0 N–H and O–H groups in total. The van der Waals surface area contributed by atoms with Gasteiger partial charge in [0.25, 0.3) is 0 Å². The van der Waals surface area contributed by atoms with Crippen molar-refractivity contribution >= 4 is 0 Å². The topological polar surface area (TPSA) is 38.9 Å². The largest absolute Gasteiger partial charge is 0.425 e. The smallest absolute Gasteiger partial charge is 0.223 e. The summed E-state index contributed by atoms with van der Waals surface area (Å²) in [5.74, 6) is 2.30. The molecule has 0 saturated heterocycles. The van der Waals surface area contributed by atoms with Crippen molar-refractivity contribution in [3.8, 4) is 0 Å². The van der Waals surface area contributed by atoms with Crippen molar-refractivity contribution in [2.75, 3.05) is 0 Å². The molecule has 1 aromatic heterocycles. The van der Waals surface area contributed by atoms with Crippen molar-refractivity contribution in [1.29, 1.82) is 0 Å². The van der Waals surface area contributed by atoms with Crippen LogP contribution in [-0.2, 0) is 0 Å². The Hall–Kier alpha value is -0.860. The predicted molar refractivity (Wildman–Crippen MR) is 32.7 cm³/mol. The third-order valence-electron chi connectivity index (χ3n) is 0.954. The Balaban J connectivity index is 2.85. The van der Waals surface area contributed by atoms with Gasteiger partial charge in [0.05, 0.1) is 5.92 Å². The summed E-state index contributed by atoms with van der Waals surface area (Å²) in [6.07, 6.45) is 0. The average Bonchev–Trinajstić information content (AvgIpc) is 2.14. The second kappa shape index (κ2) is 2.17. The summed E-state index contributed by atoms with van der Waals surface area (Å²) in [4.78, 5) is 0. The van der Waals surface area contributed by atoms with Crippen LogP contribution in [0.3, 0.4) is 0 Å². The van der Waals surface area contributed by atoms with Gasteiger partial charge in [-0.15, -0.1) is 10.2 Å².